The predicted octanol–water partition coefficient (Wildman–Crippen LogP) is 2.63. The summed E-state index contributed by atoms with van der Waals surface area (Å²) in [7, 11) is 0. The molecule has 0 atom stereocenters. The summed E-state index contributed by atoms with van der Waals surface area (Å²) in [4.78, 5) is 4.68. The molecule has 4 nitrogen and oxygen atoms in total. The lowest BCUT2D eigenvalue weighted by atomic mass is 9.82. The number of aliphatic hydroxyl groups is 1. The first-order valence-corrected chi connectivity index (χ1v) is 6.85. The van der Waals surface area contributed by atoms with E-state index in [2.05, 4.69) is 23.9 Å². The number of nitrogens with zero attached hydrogens (tertiary/aromatic N) is 3. The highest BCUT2D eigenvalue weighted by atomic mass is 16.3. The second-order valence-corrected chi connectivity index (χ2v) is 5.55. The standard InChI is InChI=1S/C15H19N3O/c1-10(2)14-16-15(11-8-13(19)9-11)18(17-14)12-6-4-3-5-7-12/h3-7,10-11,13,19H,8-9H2,1-2H3. The predicted molar refractivity (Wildman–Crippen MR) is 73.4 cm³/mol. The van der Waals surface area contributed by atoms with Crippen molar-refractivity contribution in [1.29, 1.82) is 0 Å². The van der Waals surface area contributed by atoms with Crippen LogP contribution in [0.4, 0.5) is 0 Å². The molecule has 1 N–H and O–H groups in total. The summed E-state index contributed by atoms with van der Waals surface area (Å²) in [6, 6.07) is 10.1. The van der Waals surface area contributed by atoms with Gasteiger partial charge in [0.15, 0.2) is 5.82 Å². The van der Waals surface area contributed by atoms with Crippen LogP contribution in [0.5, 0.6) is 0 Å². The molecule has 1 saturated carbocycles. The van der Waals surface area contributed by atoms with Gasteiger partial charge >= 0.3 is 0 Å². The summed E-state index contributed by atoms with van der Waals surface area (Å²) in [5.74, 6) is 2.50. The van der Waals surface area contributed by atoms with Crippen molar-refractivity contribution < 1.29 is 5.11 Å². The monoisotopic (exact) mass is 257 g/mol. The summed E-state index contributed by atoms with van der Waals surface area (Å²) in [5, 5.41) is 14.1. The van der Waals surface area contributed by atoms with Gasteiger partial charge in [0.2, 0.25) is 0 Å². The first-order valence-electron chi connectivity index (χ1n) is 6.85. The van der Waals surface area contributed by atoms with Crippen LogP contribution in [0.3, 0.4) is 0 Å². The van der Waals surface area contributed by atoms with E-state index in [-0.39, 0.29) is 6.10 Å². The Morgan fingerprint density at radius 3 is 2.47 bits per heavy atom. The minimum absolute atomic E-state index is 0.173. The first kappa shape index (κ1) is 12.4. The number of rotatable bonds is 3. The largest absolute Gasteiger partial charge is 0.393 e. The lowest BCUT2D eigenvalue weighted by Gasteiger charge is -2.30. The Kier molecular flexibility index (Phi) is 3.11. The van der Waals surface area contributed by atoms with Gasteiger partial charge in [0, 0.05) is 11.8 Å². The fourth-order valence-electron chi connectivity index (χ4n) is 2.41. The van der Waals surface area contributed by atoms with E-state index in [0.717, 1.165) is 30.2 Å². The second kappa shape index (κ2) is 4.78. The number of benzene rings is 1. The number of para-hydroxylation sites is 1. The molecule has 3 rings (SSSR count). The van der Waals surface area contributed by atoms with E-state index in [1.807, 2.05) is 35.0 Å². The van der Waals surface area contributed by atoms with Gasteiger partial charge in [0.1, 0.15) is 5.82 Å². The van der Waals surface area contributed by atoms with Crippen LogP contribution in [0.1, 0.15) is 50.2 Å². The minimum Gasteiger partial charge on any atom is -0.393 e. The highest BCUT2D eigenvalue weighted by molar-refractivity contribution is 5.32. The van der Waals surface area contributed by atoms with Gasteiger partial charge in [-0.15, -0.1) is 0 Å². The molecule has 1 heterocycles. The van der Waals surface area contributed by atoms with Crippen LogP contribution in [0.2, 0.25) is 0 Å². The number of aromatic nitrogens is 3. The van der Waals surface area contributed by atoms with Crippen molar-refractivity contribution in [3.8, 4) is 5.69 Å². The molecule has 0 radical (unpaired) electrons. The maximum absolute atomic E-state index is 9.50. The van der Waals surface area contributed by atoms with E-state index in [9.17, 15) is 5.11 Å². The van der Waals surface area contributed by atoms with Gasteiger partial charge in [-0.1, -0.05) is 32.0 Å². The quantitative estimate of drug-likeness (QED) is 0.919. The van der Waals surface area contributed by atoms with E-state index in [1.54, 1.807) is 0 Å². The molecule has 1 aromatic heterocycles. The molecule has 0 spiro atoms. The van der Waals surface area contributed by atoms with Crippen molar-refractivity contribution in [3.05, 3.63) is 42.0 Å². The minimum atomic E-state index is -0.173. The third-order valence-corrected chi connectivity index (χ3v) is 3.64. The van der Waals surface area contributed by atoms with E-state index >= 15 is 0 Å². The van der Waals surface area contributed by atoms with Gasteiger partial charge < -0.3 is 5.11 Å². The lowest BCUT2D eigenvalue weighted by molar-refractivity contribution is 0.0709. The normalized spacial score (nSPS) is 22.5. The number of aliphatic hydroxyl groups excluding tert-OH is 1. The average molecular weight is 257 g/mol. The molecule has 0 aliphatic heterocycles. The molecule has 1 aliphatic rings. The first-order chi connectivity index (χ1) is 9.15. The molecular formula is C15H19N3O. The molecule has 4 heteroatoms. The molecule has 19 heavy (non-hydrogen) atoms. The number of hydrogen-bond acceptors (Lipinski definition) is 3. The Morgan fingerprint density at radius 2 is 1.89 bits per heavy atom. The fraction of sp³-hybridized carbons (Fsp3) is 0.467. The van der Waals surface area contributed by atoms with Crippen LogP contribution in [0.15, 0.2) is 30.3 Å². The second-order valence-electron chi connectivity index (χ2n) is 5.55. The van der Waals surface area contributed by atoms with Gasteiger partial charge in [0.25, 0.3) is 0 Å². The molecular weight excluding hydrogens is 238 g/mol. The smallest absolute Gasteiger partial charge is 0.153 e. The molecule has 0 amide bonds. The summed E-state index contributed by atoms with van der Waals surface area (Å²) in [6.45, 7) is 4.20. The third kappa shape index (κ3) is 2.28. The van der Waals surface area contributed by atoms with Crippen LogP contribution < -0.4 is 0 Å². The highest BCUT2D eigenvalue weighted by Gasteiger charge is 2.33. The topological polar surface area (TPSA) is 50.9 Å². The van der Waals surface area contributed by atoms with Crippen LogP contribution >= 0.6 is 0 Å². The van der Waals surface area contributed by atoms with E-state index in [0.29, 0.717) is 11.8 Å². The molecule has 0 saturated heterocycles. The zero-order valence-electron chi connectivity index (χ0n) is 11.3. The summed E-state index contributed by atoms with van der Waals surface area (Å²) >= 11 is 0. The SMILES string of the molecule is CC(C)c1nc(C2CC(O)C2)n(-c2ccccc2)n1. The lowest BCUT2D eigenvalue weighted by Crippen LogP contribution is -2.28. The van der Waals surface area contributed by atoms with Gasteiger partial charge in [-0.25, -0.2) is 9.67 Å². The average Bonchev–Trinajstić information content (AvgIpc) is 2.81. The van der Waals surface area contributed by atoms with E-state index in [4.69, 9.17) is 0 Å². The highest BCUT2D eigenvalue weighted by Crippen LogP contribution is 2.37. The summed E-state index contributed by atoms with van der Waals surface area (Å²) < 4.78 is 1.94. The molecule has 2 aromatic rings. The summed E-state index contributed by atoms with van der Waals surface area (Å²) in [5.41, 5.74) is 1.04. The van der Waals surface area contributed by atoms with Crippen LogP contribution in [0, 0.1) is 0 Å². The summed E-state index contributed by atoms with van der Waals surface area (Å²) in [6.07, 6.45) is 1.42. The fourth-order valence-corrected chi connectivity index (χ4v) is 2.41. The van der Waals surface area contributed by atoms with Crippen molar-refractivity contribution in [3.63, 3.8) is 0 Å². The van der Waals surface area contributed by atoms with E-state index < -0.39 is 0 Å². The zero-order valence-corrected chi connectivity index (χ0v) is 11.3. The van der Waals surface area contributed by atoms with Gasteiger partial charge in [0.05, 0.1) is 11.8 Å². The third-order valence-electron chi connectivity index (χ3n) is 3.64. The van der Waals surface area contributed by atoms with E-state index in [1.165, 1.54) is 0 Å². The maximum Gasteiger partial charge on any atom is 0.153 e. The molecule has 100 valence electrons. The number of hydrogen-bond donors (Lipinski definition) is 1. The Bertz CT molecular complexity index is 556. The Balaban J connectivity index is 2.02. The molecule has 1 aromatic carbocycles. The van der Waals surface area contributed by atoms with Crippen molar-refractivity contribution in [2.45, 2.75) is 44.6 Å². The van der Waals surface area contributed by atoms with Gasteiger partial charge in [-0.05, 0) is 25.0 Å². The zero-order chi connectivity index (χ0) is 13.4. The van der Waals surface area contributed by atoms with Gasteiger partial charge in [-0.3, -0.25) is 0 Å². The van der Waals surface area contributed by atoms with Crippen molar-refractivity contribution in [2.75, 3.05) is 0 Å². The molecule has 0 bridgehead atoms. The molecule has 1 aliphatic carbocycles. The maximum atomic E-state index is 9.50. The van der Waals surface area contributed by atoms with Gasteiger partial charge in [-0.2, -0.15) is 5.10 Å². The van der Waals surface area contributed by atoms with Crippen molar-refractivity contribution in [2.24, 2.45) is 0 Å². The van der Waals surface area contributed by atoms with Crippen molar-refractivity contribution >= 4 is 0 Å². The Morgan fingerprint density at radius 1 is 1.21 bits per heavy atom. The van der Waals surface area contributed by atoms with Crippen LogP contribution in [-0.4, -0.2) is 26.0 Å². The molecule has 1 fully saturated rings. The van der Waals surface area contributed by atoms with Crippen LogP contribution in [-0.2, 0) is 0 Å². The Labute approximate surface area is 113 Å². The van der Waals surface area contributed by atoms with Crippen LogP contribution in [0.25, 0.3) is 5.69 Å². The Hall–Kier alpha value is -1.68. The van der Waals surface area contributed by atoms with Crippen molar-refractivity contribution in [1.82, 2.24) is 14.8 Å². The molecule has 0 unspecified atom stereocenters.